The van der Waals surface area contributed by atoms with Crippen molar-refractivity contribution in [3.05, 3.63) is 105 Å². The zero-order valence-corrected chi connectivity index (χ0v) is 28.0. The average molecular weight is 691 g/mol. The molecule has 0 N–H and O–H groups in total. The van der Waals surface area contributed by atoms with Gasteiger partial charge in [0, 0.05) is 41.3 Å². The van der Waals surface area contributed by atoms with E-state index in [-0.39, 0.29) is 37.4 Å². The number of benzene rings is 3. The highest BCUT2D eigenvalue weighted by molar-refractivity contribution is 9.10. The number of carbonyl (C=O) groups excluding carboxylic acids is 4. The van der Waals surface area contributed by atoms with Crippen LogP contribution >= 0.6 is 15.9 Å². The Morgan fingerprint density at radius 3 is 2.20 bits per heavy atom. The third-order valence-electron chi connectivity index (χ3n) is 7.73. The summed E-state index contributed by atoms with van der Waals surface area (Å²) in [6, 6.07) is 17.4. The van der Waals surface area contributed by atoms with Crippen LogP contribution < -0.4 is 9.47 Å². The van der Waals surface area contributed by atoms with Crippen LogP contribution in [0.15, 0.2) is 76.9 Å². The van der Waals surface area contributed by atoms with Gasteiger partial charge in [0.1, 0.15) is 17.1 Å². The van der Waals surface area contributed by atoms with Crippen molar-refractivity contribution in [3.63, 3.8) is 0 Å². The molecule has 0 saturated heterocycles. The number of methoxy groups -OCH3 is 2. The van der Waals surface area contributed by atoms with Crippen LogP contribution in [0.1, 0.15) is 69.4 Å². The lowest BCUT2D eigenvalue weighted by molar-refractivity contribution is 0.0259. The first-order valence-electron chi connectivity index (χ1n) is 14.8. The van der Waals surface area contributed by atoms with Crippen molar-refractivity contribution in [2.24, 2.45) is 0 Å². The van der Waals surface area contributed by atoms with E-state index in [4.69, 9.17) is 14.2 Å². The Morgan fingerprint density at radius 1 is 0.935 bits per heavy atom. The number of fused-ring (bicyclic) bond motifs is 1. The summed E-state index contributed by atoms with van der Waals surface area (Å²) >= 11 is 3.57. The maximum absolute atomic E-state index is 14.3. The lowest BCUT2D eigenvalue weighted by Crippen LogP contribution is -2.41. The number of nitrogens with zero attached hydrogens (tertiary/aromatic N) is 3. The van der Waals surface area contributed by atoms with E-state index in [9.17, 15) is 19.2 Å². The number of carbonyl (C=O) groups is 4. The molecular weight excluding hydrogens is 654 g/mol. The summed E-state index contributed by atoms with van der Waals surface area (Å²) in [5, 5.41) is 0. The maximum atomic E-state index is 14.3. The molecule has 0 bridgehead atoms. The van der Waals surface area contributed by atoms with E-state index in [1.165, 1.54) is 4.90 Å². The molecule has 4 amide bonds. The summed E-state index contributed by atoms with van der Waals surface area (Å²) < 4.78 is 17.0. The lowest BCUT2D eigenvalue weighted by Gasteiger charge is -2.33. The van der Waals surface area contributed by atoms with E-state index in [1.54, 1.807) is 72.6 Å². The Hall–Kier alpha value is -4.64. The van der Waals surface area contributed by atoms with Crippen molar-refractivity contribution in [2.75, 3.05) is 27.3 Å². The molecule has 3 aromatic carbocycles. The van der Waals surface area contributed by atoms with Crippen LogP contribution in [-0.4, -0.2) is 71.4 Å². The highest BCUT2D eigenvalue weighted by atomic mass is 79.9. The molecule has 0 atom stereocenters. The smallest absolute Gasteiger partial charge is 0.410 e. The molecule has 240 valence electrons. The van der Waals surface area contributed by atoms with Crippen LogP contribution in [0.4, 0.5) is 4.79 Å². The standard InChI is InChI=1S/C35H36BrN3O7/c1-35(2,3)46-34(43)37-16-14-24(15-17-37)38(21-23-11-12-25(44-4)19-30(23)45-5)33(42)28-13-10-22(18-29(28)36)20-39-31(40)26-8-6-7-9-27(26)32(39)41/h6-14,18-19H,15-17,20-21H2,1-5H3. The first kappa shape index (κ1) is 32.7. The molecule has 0 saturated carbocycles. The summed E-state index contributed by atoms with van der Waals surface area (Å²) in [5.41, 5.74) is 2.75. The molecule has 5 rings (SSSR count). The van der Waals surface area contributed by atoms with Crippen molar-refractivity contribution in [1.82, 2.24) is 14.7 Å². The molecule has 3 aromatic rings. The third-order valence-corrected chi connectivity index (χ3v) is 8.39. The molecular formula is C35H36BrN3O7. The third kappa shape index (κ3) is 6.94. The topological polar surface area (TPSA) is 106 Å². The minimum Gasteiger partial charge on any atom is -0.497 e. The van der Waals surface area contributed by atoms with Crippen LogP contribution in [0.2, 0.25) is 0 Å². The van der Waals surface area contributed by atoms with Crippen molar-refractivity contribution in [2.45, 2.75) is 45.9 Å². The Morgan fingerprint density at radius 2 is 1.63 bits per heavy atom. The first-order valence-corrected chi connectivity index (χ1v) is 15.6. The number of amides is 4. The Labute approximate surface area is 276 Å². The Balaban J connectivity index is 1.41. The van der Waals surface area contributed by atoms with Crippen LogP contribution in [-0.2, 0) is 17.8 Å². The monoisotopic (exact) mass is 689 g/mol. The van der Waals surface area contributed by atoms with Gasteiger partial charge in [-0.15, -0.1) is 0 Å². The van der Waals surface area contributed by atoms with Gasteiger partial charge in [0.05, 0.1) is 44.0 Å². The molecule has 46 heavy (non-hydrogen) atoms. The summed E-state index contributed by atoms with van der Waals surface area (Å²) in [6.07, 6.45) is 1.89. The Bertz CT molecular complexity index is 1690. The van der Waals surface area contributed by atoms with Gasteiger partial charge in [0.15, 0.2) is 0 Å². The average Bonchev–Trinajstić information content (AvgIpc) is 3.27. The second-order valence-corrected chi connectivity index (χ2v) is 12.9. The summed E-state index contributed by atoms with van der Waals surface area (Å²) in [7, 11) is 3.13. The van der Waals surface area contributed by atoms with Crippen molar-refractivity contribution in [1.29, 1.82) is 0 Å². The van der Waals surface area contributed by atoms with Gasteiger partial charge < -0.3 is 24.0 Å². The SMILES string of the molecule is COc1ccc(CN(C(=O)c2ccc(CN3C(=O)c4ccccc4C3=O)cc2Br)C2=CCN(C(=O)OC(C)(C)C)CC2)c(OC)c1. The van der Waals surface area contributed by atoms with Crippen molar-refractivity contribution >= 4 is 39.7 Å². The minimum absolute atomic E-state index is 0.0673. The van der Waals surface area contributed by atoms with Gasteiger partial charge in [-0.25, -0.2) is 4.79 Å². The van der Waals surface area contributed by atoms with Gasteiger partial charge in [0.2, 0.25) is 0 Å². The molecule has 0 radical (unpaired) electrons. The van der Waals surface area contributed by atoms with Crippen LogP contribution in [0.5, 0.6) is 11.5 Å². The number of ether oxygens (including phenoxy) is 3. The zero-order valence-electron chi connectivity index (χ0n) is 26.5. The number of imide groups is 1. The normalized spacial score (nSPS) is 14.5. The lowest BCUT2D eigenvalue weighted by atomic mass is 10.1. The molecule has 2 aliphatic heterocycles. The van der Waals surface area contributed by atoms with Crippen molar-refractivity contribution in [3.8, 4) is 11.5 Å². The molecule has 2 aliphatic rings. The van der Waals surface area contributed by atoms with Crippen LogP contribution in [0, 0.1) is 0 Å². The van der Waals surface area contributed by atoms with Gasteiger partial charge in [-0.1, -0.05) is 18.2 Å². The van der Waals surface area contributed by atoms with Crippen LogP contribution in [0.25, 0.3) is 0 Å². The molecule has 0 spiro atoms. The van der Waals surface area contributed by atoms with E-state index < -0.39 is 11.7 Å². The predicted molar refractivity (Wildman–Crippen MR) is 175 cm³/mol. The number of hydrogen-bond acceptors (Lipinski definition) is 7. The van der Waals surface area contributed by atoms with Gasteiger partial charge in [-0.2, -0.15) is 0 Å². The highest BCUT2D eigenvalue weighted by Crippen LogP contribution is 2.31. The molecule has 10 nitrogen and oxygen atoms in total. The van der Waals surface area contributed by atoms with Crippen molar-refractivity contribution < 1.29 is 33.4 Å². The number of halogens is 1. The highest BCUT2D eigenvalue weighted by Gasteiger charge is 2.35. The molecule has 0 aliphatic carbocycles. The summed E-state index contributed by atoms with van der Waals surface area (Å²) in [6.45, 7) is 6.40. The first-order chi connectivity index (χ1) is 21.9. The molecule has 2 heterocycles. The van der Waals surface area contributed by atoms with Gasteiger partial charge in [0.25, 0.3) is 17.7 Å². The summed E-state index contributed by atoms with van der Waals surface area (Å²) in [5.74, 6) is 0.232. The van der Waals surface area contributed by atoms with Crippen LogP contribution in [0.3, 0.4) is 0 Å². The fraction of sp³-hybridized carbons (Fsp3) is 0.314. The second kappa shape index (κ2) is 13.4. The van der Waals surface area contributed by atoms with E-state index >= 15 is 0 Å². The van der Waals surface area contributed by atoms with E-state index in [1.807, 2.05) is 39.0 Å². The maximum Gasteiger partial charge on any atom is 0.410 e. The van der Waals surface area contributed by atoms with Gasteiger partial charge >= 0.3 is 6.09 Å². The second-order valence-electron chi connectivity index (χ2n) is 12.0. The van der Waals surface area contributed by atoms with E-state index in [2.05, 4.69) is 15.9 Å². The fourth-order valence-corrected chi connectivity index (χ4v) is 5.99. The predicted octanol–water partition coefficient (Wildman–Crippen LogP) is 6.43. The number of hydrogen-bond donors (Lipinski definition) is 0. The summed E-state index contributed by atoms with van der Waals surface area (Å²) in [4.78, 5) is 57.3. The van der Waals surface area contributed by atoms with Gasteiger partial charge in [-0.3, -0.25) is 19.3 Å². The minimum atomic E-state index is -0.619. The van der Waals surface area contributed by atoms with E-state index in [0.29, 0.717) is 51.2 Å². The molecule has 0 fully saturated rings. The fourth-order valence-electron chi connectivity index (χ4n) is 5.39. The zero-order chi connectivity index (χ0) is 33.2. The molecule has 11 heteroatoms. The van der Waals surface area contributed by atoms with E-state index in [0.717, 1.165) is 11.3 Å². The number of rotatable bonds is 8. The molecule has 0 unspecified atom stereocenters. The Kier molecular flexibility index (Phi) is 9.52. The van der Waals surface area contributed by atoms with Gasteiger partial charge in [-0.05, 0) is 84.7 Å². The largest absolute Gasteiger partial charge is 0.497 e. The molecule has 0 aromatic heterocycles. The quantitative estimate of drug-likeness (QED) is 0.251.